The van der Waals surface area contributed by atoms with Crippen molar-refractivity contribution >= 4 is 51.1 Å². The van der Waals surface area contributed by atoms with Crippen LogP contribution in [0.1, 0.15) is 37.3 Å². The summed E-state index contributed by atoms with van der Waals surface area (Å²) in [5.41, 5.74) is 13.5. The van der Waals surface area contributed by atoms with E-state index in [2.05, 4.69) is 73.7 Å². The number of aryl methyl sites for hydroxylation is 2. The standard InChI is InChI=1S/C32H38ClN9/c1-20-4-13-26(33)28-29(20)40(3)32(38-28)37-22-7-5-21(6-8-22)25-18-42(31-27(25)30(34)35-19-36-31)24-11-9-23(10-12-24)41-16-14-39(2)15-17-41/h4-8,13,18-19,23-24H,9-12,14-17H2,1-3H3,(H,37,38)(H2,34,35,36)/t23-,24+. The van der Waals surface area contributed by atoms with E-state index in [0.29, 0.717) is 22.9 Å². The van der Waals surface area contributed by atoms with Crippen molar-refractivity contribution in [1.29, 1.82) is 0 Å². The molecule has 5 aromatic rings. The van der Waals surface area contributed by atoms with Crippen molar-refractivity contribution in [2.45, 2.75) is 44.7 Å². The first-order valence-electron chi connectivity index (χ1n) is 14.9. The molecule has 0 amide bonds. The Labute approximate surface area is 251 Å². The highest BCUT2D eigenvalue weighted by atomic mass is 35.5. The predicted octanol–water partition coefficient (Wildman–Crippen LogP) is 6.00. The summed E-state index contributed by atoms with van der Waals surface area (Å²) in [6.07, 6.45) is 8.57. The van der Waals surface area contributed by atoms with Gasteiger partial charge in [0.05, 0.1) is 15.9 Å². The molecule has 2 aliphatic rings. The van der Waals surface area contributed by atoms with Crippen LogP contribution in [0.2, 0.25) is 5.02 Å². The molecule has 4 heterocycles. The van der Waals surface area contributed by atoms with E-state index in [9.17, 15) is 0 Å². The average Bonchev–Trinajstić information content (AvgIpc) is 3.56. The minimum atomic E-state index is 0.410. The van der Waals surface area contributed by atoms with Crippen molar-refractivity contribution < 1.29 is 0 Å². The molecular weight excluding hydrogens is 546 g/mol. The molecule has 0 unspecified atom stereocenters. The van der Waals surface area contributed by atoms with Gasteiger partial charge in [-0.05, 0) is 69.0 Å². The quantitative estimate of drug-likeness (QED) is 0.262. The molecular formula is C32H38ClN9. The highest BCUT2D eigenvalue weighted by molar-refractivity contribution is 6.35. The van der Waals surface area contributed by atoms with Gasteiger partial charge < -0.3 is 25.1 Å². The van der Waals surface area contributed by atoms with Crippen molar-refractivity contribution in [3.8, 4) is 11.1 Å². The van der Waals surface area contributed by atoms with Gasteiger partial charge in [-0.3, -0.25) is 4.90 Å². The van der Waals surface area contributed by atoms with E-state index in [1.54, 1.807) is 6.33 Å². The molecule has 2 aromatic carbocycles. The third-order valence-electron chi connectivity index (χ3n) is 9.38. The first-order valence-corrected chi connectivity index (χ1v) is 15.3. The van der Waals surface area contributed by atoms with Gasteiger partial charge in [-0.1, -0.05) is 29.8 Å². The number of halogens is 1. The minimum Gasteiger partial charge on any atom is -0.383 e. The maximum Gasteiger partial charge on any atom is 0.208 e. The second-order valence-electron chi connectivity index (χ2n) is 12.0. The number of nitrogen functional groups attached to an aromatic ring is 1. The maximum atomic E-state index is 6.47. The smallest absolute Gasteiger partial charge is 0.208 e. The van der Waals surface area contributed by atoms with Gasteiger partial charge in [0, 0.05) is 62.8 Å². The van der Waals surface area contributed by atoms with Gasteiger partial charge in [-0.25, -0.2) is 15.0 Å². The molecule has 3 N–H and O–H groups in total. The molecule has 218 valence electrons. The fourth-order valence-electron chi connectivity index (χ4n) is 6.94. The normalized spacial score (nSPS) is 20.5. The number of hydrogen-bond donors (Lipinski definition) is 2. The molecule has 1 aliphatic heterocycles. The summed E-state index contributed by atoms with van der Waals surface area (Å²) in [5, 5.41) is 5.05. The summed E-state index contributed by atoms with van der Waals surface area (Å²) in [5.74, 6) is 1.27. The Morgan fingerprint density at radius 3 is 2.33 bits per heavy atom. The van der Waals surface area contributed by atoms with Crippen molar-refractivity contribution in [2.75, 3.05) is 44.3 Å². The first kappa shape index (κ1) is 27.2. The number of nitrogens with zero attached hydrogens (tertiary/aromatic N) is 7. The lowest BCUT2D eigenvalue weighted by atomic mass is 9.89. The van der Waals surface area contributed by atoms with E-state index in [0.717, 1.165) is 63.2 Å². The van der Waals surface area contributed by atoms with E-state index in [4.69, 9.17) is 27.3 Å². The molecule has 1 saturated carbocycles. The topological polar surface area (TPSA) is 93.1 Å². The maximum absolute atomic E-state index is 6.47. The Kier molecular flexibility index (Phi) is 7.04. The van der Waals surface area contributed by atoms with Crippen molar-refractivity contribution in [1.82, 2.24) is 33.9 Å². The summed E-state index contributed by atoms with van der Waals surface area (Å²) in [4.78, 5) is 19.0. The molecule has 0 atom stereocenters. The Balaban J connectivity index is 1.14. The molecule has 7 rings (SSSR count). The van der Waals surface area contributed by atoms with Gasteiger partial charge >= 0.3 is 0 Å². The largest absolute Gasteiger partial charge is 0.383 e. The van der Waals surface area contributed by atoms with Gasteiger partial charge in [0.1, 0.15) is 23.3 Å². The van der Waals surface area contributed by atoms with Gasteiger partial charge in [0.25, 0.3) is 0 Å². The fourth-order valence-corrected chi connectivity index (χ4v) is 7.14. The summed E-state index contributed by atoms with van der Waals surface area (Å²) in [6, 6.07) is 13.4. The lowest BCUT2D eigenvalue weighted by Crippen LogP contribution is -2.49. The Hall–Kier alpha value is -3.66. The lowest BCUT2D eigenvalue weighted by Gasteiger charge is -2.41. The molecule has 0 radical (unpaired) electrons. The number of nitrogens with two attached hydrogens (primary N) is 1. The molecule has 0 bridgehead atoms. The number of nitrogens with one attached hydrogen (secondary N) is 1. The number of benzene rings is 2. The van der Waals surface area contributed by atoms with Gasteiger partial charge in [-0.2, -0.15) is 0 Å². The molecule has 42 heavy (non-hydrogen) atoms. The van der Waals surface area contributed by atoms with Crippen LogP contribution in [0.4, 0.5) is 17.5 Å². The van der Waals surface area contributed by atoms with Crippen molar-refractivity contribution in [3.63, 3.8) is 0 Å². The fraction of sp³-hybridized carbons (Fsp3) is 0.406. The average molecular weight is 584 g/mol. The number of hydrogen-bond acceptors (Lipinski definition) is 7. The Bertz CT molecular complexity index is 1740. The highest BCUT2D eigenvalue weighted by Gasteiger charge is 2.30. The summed E-state index contributed by atoms with van der Waals surface area (Å²) >= 11 is 6.44. The minimum absolute atomic E-state index is 0.410. The molecule has 1 aliphatic carbocycles. The van der Waals surface area contributed by atoms with Crippen LogP contribution >= 0.6 is 11.6 Å². The van der Waals surface area contributed by atoms with Gasteiger partial charge in [0.2, 0.25) is 5.95 Å². The highest BCUT2D eigenvalue weighted by Crippen LogP contribution is 2.39. The lowest BCUT2D eigenvalue weighted by molar-refractivity contribution is 0.0828. The first-order chi connectivity index (χ1) is 20.4. The SMILES string of the molecule is Cc1ccc(Cl)c2nc(Nc3ccc(-c4cn([C@H]5CC[C@@H](N6CCN(C)CC6)CC5)c5ncnc(N)c45)cc3)n(C)c12. The Morgan fingerprint density at radius 1 is 0.905 bits per heavy atom. The second-order valence-corrected chi connectivity index (χ2v) is 12.4. The van der Waals surface area contributed by atoms with Crippen LogP contribution in [-0.4, -0.2) is 73.2 Å². The third kappa shape index (κ3) is 4.79. The molecule has 1 saturated heterocycles. The summed E-state index contributed by atoms with van der Waals surface area (Å²) < 4.78 is 4.41. The summed E-state index contributed by atoms with van der Waals surface area (Å²) in [6.45, 7) is 6.77. The van der Waals surface area contributed by atoms with Crippen LogP contribution in [0.3, 0.4) is 0 Å². The Morgan fingerprint density at radius 2 is 1.62 bits per heavy atom. The number of anilines is 3. The number of piperazine rings is 1. The van der Waals surface area contributed by atoms with Crippen LogP contribution in [0.5, 0.6) is 0 Å². The van der Waals surface area contributed by atoms with Crippen LogP contribution in [0.25, 0.3) is 33.2 Å². The van der Waals surface area contributed by atoms with Crippen LogP contribution in [-0.2, 0) is 7.05 Å². The van der Waals surface area contributed by atoms with Crippen molar-refractivity contribution in [3.05, 3.63) is 59.5 Å². The molecule has 0 spiro atoms. The van der Waals surface area contributed by atoms with E-state index >= 15 is 0 Å². The molecule has 10 heteroatoms. The second kappa shape index (κ2) is 10.9. The van der Waals surface area contributed by atoms with Crippen LogP contribution < -0.4 is 11.1 Å². The zero-order chi connectivity index (χ0) is 29.0. The monoisotopic (exact) mass is 583 g/mol. The predicted molar refractivity (Wildman–Crippen MR) is 171 cm³/mol. The van der Waals surface area contributed by atoms with E-state index in [-0.39, 0.29) is 0 Å². The number of likely N-dealkylation sites (N-methyl/N-ethyl adjacent to an activating group) is 1. The van der Waals surface area contributed by atoms with Crippen LogP contribution in [0, 0.1) is 6.92 Å². The number of imidazole rings is 1. The number of rotatable bonds is 5. The summed E-state index contributed by atoms with van der Waals surface area (Å²) in [7, 11) is 4.23. The van der Waals surface area contributed by atoms with E-state index in [1.807, 2.05) is 19.2 Å². The molecule has 9 nitrogen and oxygen atoms in total. The third-order valence-corrected chi connectivity index (χ3v) is 9.68. The van der Waals surface area contributed by atoms with Crippen LogP contribution in [0.15, 0.2) is 48.9 Å². The molecule has 3 aromatic heterocycles. The molecule has 2 fully saturated rings. The van der Waals surface area contributed by atoms with Gasteiger partial charge in [-0.15, -0.1) is 0 Å². The number of fused-ring (bicyclic) bond motifs is 2. The zero-order valence-electron chi connectivity index (χ0n) is 24.5. The van der Waals surface area contributed by atoms with Crippen molar-refractivity contribution in [2.24, 2.45) is 7.05 Å². The zero-order valence-corrected chi connectivity index (χ0v) is 25.3. The number of aromatic nitrogens is 5. The van der Waals surface area contributed by atoms with E-state index in [1.165, 1.54) is 39.0 Å². The van der Waals surface area contributed by atoms with Gasteiger partial charge in [0.15, 0.2) is 0 Å². The van der Waals surface area contributed by atoms with E-state index < -0.39 is 0 Å².